The van der Waals surface area contributed by atoms with Crippen LogP contribution in [-0.4, -0.2) is 0 Å². The fraction of sp³-hybridized carbons (Fsp3) is 0. The normalized spacial score (nSPS) is 9.57. The molecule has 0 saturated carbocycles. The molecular formula is C20H17Br. The average Bonchev–Trinajstić information content (AvgIpc) is 2.58. The molecule has 0 unspecified atom stereocenters. The van der Waals surface area contributed by atoms with Crippen LogP contribution in [0.5, 0.6) is 0 Å². The van der Waals surface area contributed by atoms with E-state index in [-0.39, 0.29) is 0 Å². The van der Waals surface area contributed by atoms with Crippen LogP contribution in [0, 0.1) is 0 Å². The van der Waals surface area contributed by atoms with Gasteiger partial charge in [-0.3, -0.25) is 0 Å². The summed E-state index contributed by atoms with van der Waals surface area (Å²) in [5.74, 6) is 0. The fourth-order valence-electron chi connectivity index (χ4n) is 2.23. The quantitative estimate of drug-likeness (QED) is 0.463. The lowest BCUT2D eigenvalue weighted by atomic mass is 9.95. The Balaban J connectivity index is 0.000000774. The Morgan fingerprint density at radius 1 is 0.524 bits per heavy atom. The second-order valence-corrected chi connectivity index (χ2v) is 5.33. The van der Waals surface area contributed by atoms with Gasteiger partial charge in [0.05, 0.1) is 0 Å². The zero-order chi connectivity index (χ0) is 15.1. The summed E-state index contributed by atoms with van der Waals surface area (Å²) in [6.45, 7) is 6.00. The predicted molar refractivity (Wildman–Crippen MR) is 96.3 cm³/mol. The van der Waals surface area contributed by atoms with Crippen LogP contribution >= 0.6 is 15.9 Å². The molecule has 3 rings (SSSR count). The third-order valence-electron chi connectivity index (χ3n) is 3.17. The van der Waals surface area contributed by atoms with Crippen molar-refractivity contribution in [2.45, 2.75) is 0 Å². The van der Waals surface area contributed by atoms with Gasteiger partial charge in [0.25, 0.3) is 0 Å². The third kappa shape index (κ3) is 3.71. The van der Waals surface area contributed by atoms with Crippen molar-refractivity contribution < 1.29 is 0 Å². The number of hydrogen-bond donors (Lipinski definition) is 0. The van der Waals surface area contributed by atoms with E-state index in [4.69, 9.17) is 0 Å². The molecule has 0 spiro atoms. The predicted octanol–water partition coefficient (Wildman–Crippen LogP) is 6.59. The van der Waals surface area contributed by atoms with Gasteiger partial charge < -0.3 is 0 Å². The number of benzene rings is 3. The molecule has 0 N–H and O–H groups in total. The molecule has 0 saturated heterocycles. The summed E-state index contributed by atoms with van der Waals surface area (Å²) in [5, 5.41) is 0. The molecule has 0 amide bonds. The Morgan fingerprint density at radius 2 is 0.952 bits per heavy atom. The van der Waals surface area contributed by atoms with E-state index in [1.807, 2.05) is 6.07 Å². The minimum absolute atomic E-state index is 1.11. The van der Waals surface area contributed by atoms with Crippen molar-refractivity contribution in [2.75, 3.05) is 0 Å². The van der Waals surface area contributed by atoms with E-state index in [2.05, 4.69) is 102 Å². The first-order valence-electron chi connectivity index (χ1n) is 6.75. The summed E-state index contributed by atoms with van der Waals surface area (Å²) < 4.78 is 1.11. The molecule has 0 aromatic heterocycles. The first-order valence-corrected chi connectivity index (χ1v) is 7.54. The maximum absolute atomic E-state index is 3.48. The minimum atomic E-state index is 1.11. The zero-order valence-corrected chi connectivity index (χ0v) is 13.4. The molecule has 0 aliphatic heterocycles. The van der Waals surface area contributed by atoms with Crippen LogP contribution in [0.4, 0.5) is 0 Å². The standard InChI is InChI=1S/C18H13Br.C2H4/c19-16-12-10-15(11-13-16)18-9-5-4-8-17(18)14-6-2-1-3-7-14;1-2/h1-13H;1-2H2. The molecule has 1 heteroatoms. The highest BCUT2D eigenvalue weighted by molar-refractivity contribution is 9.10. The van der Waals surface area contributed by atoms with Gasteiger partial charge in [0.15, 0.2) is 0 Å². The number of rotatable bonds is 2. The molecule has 0 aliphatic rings. The van der Waals surface area contributed by atoms with E-state index in [1.54, 1.807) is 0 Å². The van der Waals surface area contributed by atoms with Crippen LogP contribution in [0.2, 0.25) is 0 Å². The van der Waals surface area contributed by atoms with Crippen LogP contribution < -0.4 is 0 Å². The van der Waals surface area contributed by atoms with Gasteiger partial charge in [0, 0.05) is 4.47 Å². The second kappa shape index (κ2) is 7.61. The molecular weight excluding hydrogens is 320 g/mol. The Morgan fingerprint density at radius 3 is 1.48 bits per heavy atom. The SMILES string of the molecule is Brc1ccc(-c2ccccc2-c2ccccc2)cc1.C=C. The van der Waals surface area contributed by atoms with Crippen LogP contribution in [0.3, 0.4) is 0 Å². The third-order valence-corrected chi connectivity index (χ3v) is 3.70. The van der Waals surface area contributed by atoms with Gasteiger partial charge >= 0.3 is 0 Å². The van der Waals surface area contributed by atoms with Gasteiger partial charge in [0.2, 0.25) is 0 Å². The fourth-order valence-corrected chi connectivity index (χ4v) is 2.50. The number of hydrogen-bond acceptors (Lipinski definition) is 0. The minimum Gasteiger partial charge on any atom is -0.106 e. The molecule has 0 heterocycles. The average molecular weight is 337 g/mol. The highest BCUT2D eigenvalue weighted by Crippen LogP contribution is 2.32. The Labute approximate surface area is 134 Å². The van der Waals surface area contributed by atoms with Gasteiger partial charge in [-0.15, -0.1) is 13.2 Å². The second-order valence-electron chi connectivity index (χ2n) is 4.42. The summed E-state index contributed by atoms with van der Waals surface area (Å²) in [5.41, 5.74) is 5.02. The molecule has 0 aliphatic carbocycles. The number of halogens is 1. The Hall–Kier alpha value is -2.12. The molecule has 3 aromatic carbocycles. The lowest BCUT2D eigenvalue weighted by molar-refractivity contribution is 1.57. The molecule has 0 atom stereocenters. The van der Waals surface area contributed by atoms with E-state index < -0.39 is 0 Å². The summed E-state index contributed by atoms with van der Waals surface area (Å²) in [6, 6.07) is 27.5. The molecule has 0 bridgehead atoms. The maximum atomic E-state index is 3.48. The van der Waals surface area contributed by atoms with E-state index >= 15 is 0 Å². The lowest BCUT2D eigenvalue weighted by Gasteiger charge is -2.10. The monoisotopic (exact) mass is 336 g/mol. The largest absolute Gasteiger partial charge is 0.106 e. The van der Waals surface area contributed by atoms with Crippen molar-refractivity contribution in [1.29, 1.82) is 0 Å². The molecule has 0 nitrogen and oxygen atoms in total. The summed E-state index contributed by atoms with van der Waals surface area (Å²) in [6.07, 6.45) is 0. The topological polar surface area (TPSA) is 0 Å². The van der Waals surface area contributed by atoms with Crippen molar-refractivity contribution in [3.05, 3.63) is 96.5 Å². The molecule has 21 heavy (non-hydrogen) atoms. The van der Waals surface area contributed by atoms with Gasteiger partial charge in [-0.2, -0.15) is 0 Å². The Kier molecular flexibility index (Phi) is 5.53. The van der Waals surface area contributed by atoms with Crippen molar-refractivity contribution in [3.63, 3.8) is 0 Å². The van der Waals surface area contributed by atoms with Crippen LogP contribution in [-0.2, 0) is 0 Å². The van der Waals surface area contributed by atoms with Crippen LogP contribution in [0.15, 0.2) is 96.5 Å². The maximum Gasteiger partial charge on any atom is 0.0175 e. The van der Waals surface area contributed by atoms with E-state index in [9.17, 15) is 0 Å². The van der Waals surface area contributed by atoms with Crippen molar-refractivity contribution in [1.82, 2.24) is 0 Å². The Bertz CT molecular complexity index is 685. The van der Waals surface area contributed by atoms with Gasteiger partial charge in [-0.05, 0) is 34.4 Å². The molecule has 104 valence electrons. The highest BCUT2D eigenvalue weighted by Gasteiger charge is 2.05. The van der Waals surface area contributed by atoms with Crippen LogP contribution in [0.25, 0.3) is 22.3 Å². The van der Waals surface area contributed by atoms with Crippen molar-refractivity contribution in [3.8, 4) is 22.3 Å². The van der Waals surface area contributed by atoms with Crippen molar-refractivity contribution >= 4 is 15.9 Å². The highest BCUT2D eigenvalue weighted by atomic mass is 79.9. The first kappa shape index (κ1) is 15.3. The summed E-state index contributed by atoms with van der Waals surface area (Å²) >= 11 is 3.48. The first-order chi connectivity index (χ1) is 10.3. The van der Waals surface area contributed by atoms with E-state index in [0.29, 0.717) is 0 Å². The van der Waals surface area contributed by atoms with Gasteiger partial charge in [-0.1, -0.05) is 82.7 Å². The van der Waals surface area contributed by atoms with Crippen LogP contribution in [0.1, 0.15) is 0 Å². The van der Waals surface area contributed by atoms with Gasteiger partial charge in [0.1, 0.15) is 0 Å². The smallest absolute Gasteiger partial charge is 0.0175 e. The molecule has 0 fully saturated rings. The van der Waals surface area contributed by atoms with E-state index in [0.717, 1.165) is 4.47 Å². The summed E-state index contributed by atoms with van der Waals surface area (Å²) in [7, 11) is 0. The summed E-state index contributed by atoms with van der Waals surface area (Å²) in [4.78, 5) is 0. The lowest BCUT2D eigenvalue weighted by Crippen LogP contribution is -1.84. The van der Waals surface area contributed by atoms with Crippen molar-refractivity contribution in [2.24, 2.45) is 0 Å². The molecule has 3 aromatic rings. The van der Waals surface area contributed by atoms with E-state index in [1.165, 1.54) is 22.3 Å². The zero-order valence-electron chi connectivity index (χ0n) is 11.8. The van der Waals surface area contributed by atoms with Gasteiger partial charge in [-0.25, -0.2) is 0 Å². The molecule has 0 radical (unpaired) electrons.